The van der Waals surface area contributed by atoms with E-state index in [9.17, 15) is 9.18 Å². The molecule has 1 N–H and O–H groups in total. The lowest BCUT2D eigenvalue weighted by atomic mass is 10.1. The molecule has 4 aromatic rings. The molecule has 0 spiro atoms. The van der Waals surface area contributed by atoms with Crippen LogP contribution in [0.2, 0.25) is 0 Å². The molecular weight excluding hydrogens is 417 g/mol. The van der Waals surface area contributed by atoms with E-state index in [0.29, 0.717) is 35.7 Å². The zero-order chi connectivity index (χ0) is 21.6. The molecule has 158 valence electrons. The molecule has 0 fully saturated rings. The van der Waals surface area contributed by atoms with E-state index in [2.05, 4.69) is 20.4 Å². The number of methoxy groups -OCH3 is 1. The molecule has 0 bridgehead atoms. The third kappa shape index (κ3) is 4.68. The van der Waals surface area contributed by atoms with Gasteiger partial charge in [0.2, 0.25) is 0 Å². The van der Waals surface area contributed by atoms with E-state index < -0.39 is 0 Å². The number of halogens is 1. The molecule has 0 unspecified atom stereocenters. The highest BCUT2D eigenvalue weighted by molar-refractivity contribution is 7.13. The Morgan fingerprint density at radius 3 is 2.87 bits per heavy atom. The normalized spacial score (nSPS) is 10.9. The molecular formula is C22H20FN5O2S. The monoisotopic (exact) mass is 437 g/mol. The van der Waals surface area contributed by atoms with Gasteiger partial charge >= 0.3 is 0 Å². The summed E-state index contributed by atoms with van der Waals surface area (Å²) in [4.78, 5) is 22.7. The number of hydrogen-bond acceptors (Lipinski definition) is 6. The van der Waals surface area contributed by atoms with E-state index in [1.165, 1.54) is 16.9 Å². The fraction of sp³-hybridized carbons (Fsp3) is 0.182. The Kier molecular flexibility index (Phi) is 6.44. The number of carbonyl (C=O) groups excluding carboxylic acids is 1. The summed E-state index contributed by atoms with van der Waals surface area (Å²) >= 11 is 1.58. The first-order chi connectivity index (χ1) is 15.2. The fourth-order valence-corrected chi connectivity index (χ4v) is 3.83. The summed E-state index contributed by atoms with van der Waals surface area (Å²) < 4.78 is 20.6. The number of carbonyl (C=O) groups is 1. The molecule has 0 atom stereocenters. The first-order valence-electron chi connectivity index (χ1n) is 9.62. The van der Waals surface area contributed by atoms with E-state index in [1.807, 2.05) is 23.6 Å². The van der Waals surface area contributed by atoms with Crippen LogP contribution >= 0.6 is 11.3 Å². The summed E-state index contributed by atoms with van der Waals surface area (Å²) in [7, 11) is 1.54. The maximum atomic E-state index is 13.8. The molecule has 0 aliphatic carbocycles. The predicted octanol–water partition coefficient (Wildman–Crippen LogP) is 3.65. The number of thiophene rings is 1. The fourth-order valence-electron chi connectivity index (χ4n) is 3.13. The van der Waals surface area contributed by atoms with Gasteiger partial charge in [-0.05, 0) is 35.6 Å². The van der Waals surface area contributed by atoms with Crippen molar-refractivity contribution in [2.45, 2.75) is 13.0 Å². The van der Waals surface area contributed by atoms with E-state index in [1.54, 1.807) is 42.8 Å². The lowest BCUT2D eigenvalue weighted by Gasteiger charge is -2.09. The van der Waals surface area contributed by atoms with Gasteiger partial charge in [-0.3, -0.25) is 4.79 Å². The van der Waals surface area contributed by atoms with Gasteiger partial charge in [-0.2, -0.15) is 9.78 Å². The maximum absolute atomic E-state index is 13.8. The number of amides is 1. The number of rotatable bonds is 8. The smallest absolute Gasteiger partial charge is 0.254 e. The minimum atomic E-state index is -0.316. The second-order valence-corrected chi connectivity index (χ2v) is 7.61. The van der Waals surface area contributed by atoms with Gasteiger partial charge in [0.1, 0.15) is 5.82 Å². The molecule has 1 amide bonds. The van der Waals surface area contributed by atoms with Gasteiger partial charge in [-0.1, -0.05) is 24.3 Å². The molecule has 4 rings (SSSR count). The molecule has 9 heteroatoms. The minimum Gasteiger partial charge on any atom is -0.378 e. The van der Waals surface area contributed by atoms with Crippen LogP contribution in [0.15, 0.2) is 60.2 Å². The van der Waals surface area contributed by atoms with E-state index in [-0.39, 0.29) is 18.3 Å². The van der Waals surface area contributed by atoms with Crippen molar-refractivity contribution < 1.29 is 13.9 Å². The Morgan fingerprint density at radius 1 is 1.23 bits per heavy atom. The number of ether oxygens (including phenoxy) is 1. The zero-order valence-corrected chi connectivity index (χ0v) is 17.6. The van der Waals surface area contributed by atoms with Gasteiger partial charge in [-0.25, -0.2) is 14.4 Å². The lowest BCUT2D eigenvalue weighted by Crippen LogP contribution is -2.27. The van der Waals surface area contributed by atoms with Crippen molar-refractivity contribution in [3.63, 3.8) is 0 Å². The minimum absolute atomic E-state index is 0.155. The van der Waals surface area contributed by atoms with Crippen LogP contribution < -0.4 is 5.32 Å². The third-order valence-electron chi connectivity index (χ3n) is 4.64. The van der Waals surface area contributed by atoms with Gasteiger partial charge in [0.15, 0.2) is 0 Å². The van der Waals surface area contributed by atoms with Crippen molar-refractivity contribution >= 4 is 17.2 Å². The first kappa shape index (κ1) is 20.8. The summed E-state index contributed by atoms with van der Waals surface area (Å²) in [6.07, 6.45) is 3.51. The van der Waals surface area contributed by atoms with Crippen LogP contribution in [0.4, 0.5) is 4.39 Å². The second kappa shape index (κ2) is 9.59. The highest BCUT2D eigenvalue weighted by Crippen LogP contribution is 2.23. The van der Waals surface area contributed by atoms with Crippen molar-refractivity contribution in [3.05, 3.63) is 82.9 Å². The van der Waals surface area contributed by atoms with Gasteiger partial charge in [-0.15, -0.1) is 11.3 Å². The quantitative estimate of drug-likeness (QED) is 0.455. The average Bonchev–Trinajstić information content (AvgIpc) is 3.46. The van der Waals surface area contributed by atoms with Crippen molar-refractivity contribution in [1.29, 1.82) is 0 Å². The van der Waals surface area contributed by atoms with Crippen LogP contribution in [0.1, 0.15) is 21.6 Å². The Labute approximate surface area is 182 Å². The van der Waals surface area contributed by atoms with Crippen molar-refractivity contribution in [2.24, 2.45) is 0 Å². The van der Waals surface area contributed by atoms with Crippen LogP contribution in [0, 0.1) is 5.82 Å². The Bertz CT molecular complexity index is 1180. The van der Waals surface area contributed by atoms with Crippen LogP contribution in [0.3, 0.4) is 0 Å². The third-order valence-corrected chi connectivity index (χ3v) is 5.53. The van der Waals surface area contributed by atoms with Gasteiger partial charge in [0.05, 0.1) is 34.6 Å². The Balaban J connectivity index is 1.54. The second-order valence-electron chi connectivity index (χ2n) is 6.67. The van der Waals surface area contributed by atoms with Crippen molar-refractivity contribution in [1.82, 2.24) is 25.1 Å². The lowest BCUT2D eigenvalue weighted by molar-refractivity contribution is 0.0948. The summed E-state index contributed by atoms with van der Waals surface area (Å²) in [5, 5.41) is 9.12. The number of nitrogens with one attached hydrogen (secondary N) is 1. The summed E-state index contributed by atoms with van der Waals surface area (Å²) in [5.41, 5.74) is 2.22. The van der Waals surface area contributed by atoms with Gasteiger partial charge < -0.3 is 10.1 Å². The highest BCUT2D eigenvalue weighted by atomic mass is 32.1. The van der Waals surface area contributed by atoms with Crippen molar-refractivity contribution in [2.75, 3.05) is 13.7 Å². The van der Waals surface area contributed by atoms with E-state index in [4.69, 9.17) is 4.74 Å². The van der Waals surface area contributed by atoms with Gasteiger partial charge in [0.25, 0.3) is 11.9 Å². The summed E-state index contributed by atoms with van der Waals surface area (Å²) in [5.74, 6) is -0.250. The van der Waals surface area contributed by atoms with Crippen LogP contribution in [-0.4, -0.2) is 39.3 Å². The van der Waals surface area contributed by atoms with E-state index in [0.717, 1.165) is 10.6 Å². The summed E-state index contributed by atoms with van der Waals surface area (Å²) in [6.45, 7) is 0.449. The largest absolute Gasteiger partial charge is 0.378 e. The van der Waals surface area contributed by atoms with Crippen LogP contribution in [0.25, 0.3) is 16.5 Å². The average molecular weight is 438 g/mol. The molecule has 0 aliphatic heterocycles. The molecule has 3 heterocycles. The SMILES string of the molecule is COCc1c(C(=O)NCCc2ccccc2F)cnn1-c1nccc(-c2cccs2)n1. The first-order valence-corrected chi connectivity index (χ1v) is 10.5. The standard InChI is InChI=1S/C22H20FN5O2S/c1-30-14-19-16(21(29)24-10-8-15-5-2-3-6-17(15)23)13-26-28(19)22-25-11-9-18(27-22)20-7-4-12-31-20/h2-7,9,11-13H,8,10,14H2,1H3,(H,24,29). The topological polar surface area (TPSA) is 81.9 Å². The number of hydrogen-bond donors (Lipinski definition) is 1. The van der Waals surface area contributed by atoms with Gasteiger partial charge in [0, 0.05) is 19.9 Å². The Morgan fingerprint density at radius 2 is 2.10 bits per heavy atom. The molecule has 1 aromatic carbocycles. The number of aromatic nitrogens is 4. The molecule has 3 aromatic heterocycles. The predicted molar refractivity (Wildman–Crippen MR) is 116 cm³/mol. The maximum Gasteiger partial charge on any atom is 0.254 e. The number of nitrogens with zero attached hydrogens (tertiary/aromatic N) is 4. The van der Waals surface area contributed by atoms with Crippen LogP contribution in [-0.2, 0) is 17.8 Å². The molecule has 31 heavy (non-hydrogen) atoms. The van der Waals surface area contributed by atoms with Crippen molar-refractivity contribution in [3.8, 4) is 16.5 Å². The molecule has 0 saturated heterocycles. The molecule has 7 nitrogen and oxygen atoms in total. The van der Waals surface area contributed by atoms with E-state index >= 15 is 0 Å². The zero-order valence-electron chi connectivity index (χ0n) is 16.8. The molecule has 0 saturated carbocycles. The Hall–Kier alpha value is -3.43. The summed E-state index contributed by atoms with van der Waals surface area (Å²) in [6, 6.07) is 12.3. The molecule has 0 aliphatic rings. The number of benzene rings is 1. The van der Waals surface area contributed by atoms with Crippen LogP contribution in [0.5, 0.6) is 0 Å². The highest BCUT2D eigenvalue weighted by Gasteiger charge is 2.20. The molecule has 0 radical (unpaired) electrons.